The molecule has 3 rings (SSSR count). The fraction of sp³-hybridized carbons (Fsp3) is 0.133. The van der Waals surface area contributed by atoms with Gasteiger partial charge in [0.05, 0.1) is 10.5 Å². The highest BCUT2D eigenvalue weighted by Gasteiger charge is 2.15. The molecule has 0 aliphatic carbocycles. The number of rotatable bonds is 5. The van der Waals surface area contributed by atoms with Gasteiger partial charge in [-0.05, 0) is 24.3 Å². The van der Waals surface area contributed by atoms with Crippen molar-refractivity contribution in [3.8, 4) is 22.8 Å². The second-order valence-corrected chi connectivity index (χ2v) is 6.87. The molecule has 2 heterocycles. The van der Waals surface area contributed by atoms with E-state index in [1.165, 1.54) is 24.8 Å². The van der Waals surface area contributed by atoms with Crippen LogP contribution in [0.3, 0.4) is 0 Å². The Morgan fingerprint density at radius 3 is 2.40 bits per heavy atom. The van der Waals surface area contributed by atoms with Crippen molar-refractivity contribution in [1.29, 1.82) is 0 Å². The summed E-state index contributed by atoms with van der Waals surface area (Å²) in [7, 11) is -0.372. The Kier molecular flexibility index (Phi) is 4.52. The largest absolute Gasteiger partial charge is 0.368 e. The van der Waals surface area contributed by atoms with E-state index in [0.29, 0.717) is 17.0 Å². The zero-order valence-electron chi connectivity index (χ0n) is 13.4. The molecule has 0 aliphatic rings. The van der Waals surface area contributed by atoms with E-state index in [-0.39, 0.29) is 10.8 Å². The molecule has 0 radical (unpaired) electrons. The van der Waals surface area contributed by atoms with Crippen LogP contribution in [0.15, 0.2) is 56.8 Å². The van der Waals surface area contributed by atoms with Crippen LogP contribution in [0.5, 0.6) is 0 Å². The van der Waals surface area contributed by atoms with Crippen LogP contribution in [0.2, 0.25) is 0 Å². The van der Waals surface area contributed by atoms with E-state index in [0.717, 1.165) is 0 Å². The van der Waals surface area contributed by atoms with Gasteiger partial charge in [0.25, 0.3) is 15.9 Å². The van der Waals surface area contributed by atoms with Crippen LogP contribution in [0, 0.1) is 0 Å². The summed E-state index contributed by atoms with van der Waals surface area (Å²) < 4.78 is 33.0. The summed E-state index contributed by atoms with van der Waals surface area (Å²) in [4.78, 5) is 13.7. The summed E-state index contributed by atoms with van der Waals surface area (Å²) >= 11 is 0. The van der Waals surface area contributed by atoms with Crippen LogP contribution in [0.4, 0.5) is 0 Å². The van der Waals surface area contributed by atoms with E-state index in [2.05, 4.69) is 24.5 Å². The van der Waals surface area contributed by atoms with Gasteiger partial charge in [-0.1, -0.05) is 5.16 Å². The first-order valence-corrected chi connectivity index (χ1v) is 8.56. The van der Waals surface area contributed by atoms with Gasteiger partial charge in [-0.15, -0.1) is 4.40 Å². The second-order valence-electron chi connectivity index (χ2n) is 5.23. The molecular formula is C15H14N6O3S. The van der Waals surface area contributed by atoms with Crippen molar-refractivity contribution in [2.24, 2.45) is 4.40 Å². The summed E-state index contributed by atoms with van der Waals surface area (Å²) in [5.74, 6) is 0.613. The monoisotopic (exact) mass is 358 g/mol. The Balaban J connectivity index is 1.85. The molecule has 0 fully saturated rings. The van der Waals surface area contributed by atoms with Gasteiger partial charge in [0.2, 0.25) is 5.82 Å². The molecule has 9 nitrogen and oxygen atoms in total. The fourth-order valence-electron chi connectivity index (χ4n) is 1.86. The van der Waals surface area contributed by atoms with Gasteiger partial charge in [0, 0.05) is 32.1 Å². The zero-order chi connectivity index (χ0) is 17.9. The van der Waals surface area contributed by atoms with Crippen molar-refractivity contribution in [1.82, 2.24) is 25.0 Å². The Morgan fingerprint density at radius 2 is 1.76 bits per heavy atom. The second kappa shape index (κ2) is 6.77. The maximum atomic E-state index is 12.1. The number of sulfonamides is 1. The third-order valence-corrected chi connectivity index (χ3v) is 4.30. The van der Waals surface area contributed by atoms with E-state index in [1.807, 2.05) is 0 Å². The molecule has 0 bridgehead atoms. The fourth-order valence-corrected chi connectivity index (χ4v) is 2.77. The predicted molar refractivity (Wildman–Crippen MR) is 90.1 cm³/mol. The lowest BCUT2D eigenvalue weighted by Gasteiger charge is -2.03. The van der Waals surface area contributed by atoms with Crippen molar-refractivity contribution < 1.29 is 12.9 Å². The molecule has 25 heavy (non-hydrogen) atoms. The molecule has 0 amide bonds. The van der Waals surface area contributed by atoms with Gasteiger partial charge in [0.1, 0.15) is 12.7 Å². The van der Waals surface area contributed by atoms with Gasteiger partial charge in [-0.3, -0.25) is 0 Å². The first-order valence-electron chi connectivity index (χ1n) is 7.12. The average Bonchev–Trinajstić information content (AvgIpc) is 3.11. The van der Waals surface area contributed by atoms with Gasteiger partial charge >= 0.3 is 0 Å². The van der Waals surface area contributed by atoms with Gasteiger partial charge in [0.15, 0.2) is 0 Å². The number of nitrogens with zero attached hydrogens (tertiary/aromatic N) is 6. The minimum absolute atomic E-state index is 0.0746. The molecular weight excluding hydrogens is 344 g/mol. The quantitative estimate of drug-likeness (QED) is 0.497. The Labute approximate surface area is 144 Å². The molecule has 2 aromatic heterocycles. The summed E-state index contributed by atoms with van der Waals surface area (Å²) in [6.45, 7) is 0. The lowest BCUT2D eigenvalue weighted by atomic mass is 10.2. The molecule has 10 heteroatoms. The third-order valence-electron chi connectivity index (χ3n) is 3.06. The topological polar surface area (TPSA) is 114 Å². The molecule has 0 N–H and O–H groups in total. The first kappa shape index (κ1) is 16.7. The Morgan fingerprint density at radius 1 is 1.08 bits per heavy atom. The van der Waals surface area contributed by atoms with E-state index < -0.39 is 10.0 Å². The number of aromatic nitrogens is 4. The molecule has 0 spiro atoms. The third kappa shape index (κ3) is 3.86. The van der Waals surface area contributed by atoms with Crippen LogP contribution >= 0.6 is 0 Å². The predicted octanol–water partition coefficient (Wildman–Crippen LogP) is 1.47. The van der Waals surface area contributed by atoms with Crippen molar-refractivity contribution in [3.63, 3.8) is 0 Å². The molecule has 0 unspecified atom stereocenters. The summed E-state index contributed by atoms with van der Waals surface area (Å²) in [6, 6.07) is 6.04. The summed E-state index contributed by atoms with van der Waals surface area (Å²) in [5, 5.41) is 3.87. The van der Waals surface area contributed by atoms with Crippen LogP contribution in [0.25, 0.3) is 22.8 Å². The van der Waals surface area contributed by atoms with Crippen LogP contribution in [0.1, 0.15) is 0 Å². The molecule has 128 valence electrons. The van der Waals surface area contributed by atoms with Crippen molar-refractivity contribution in [2.75, 3.05) is 14.1 Å². The van der Waals surface area contributed by atoms with Crippen molar-refractivity contribution in [3.05, 3.63) is 43.0 Å². The summed E-state index contributed by atoms with van der Waals surface area (Å²) in [5.41, 5.74) is 1.21. The van der Waals surface area contributed by atoms with Crippen LogP contribution < -0.4 is 0 Å². The lowest BCUT2D eigenvalue weighted by molar-refractivity contribution is 0.432. The highest BCUT2D eigenvalue weighted by atomic mass is 32.2. The molecule has 3 aromatic rings. The lowest BCUT2D eigenvalue weighted by Crippen LogP contribution is -2.10. The van der Waals surface area contributed by atoms with E-state index in [9.17, 15) is 8.42 Å². The van der Waals surface area contributed by atoms with E-state index in [4.69, 9.17) is 4.52 Å². The number of benzene rings is 1. The van der Waals surface area contributed by atoms with Crippen molar-refractivity contribution in [2.45, 2.75) is 4.90 Å². The normalized spacial score (nSPS) is 11.8. The van der Waals surface area contributed by atoms with Crippen molar-refractivity contribution >= 4 is 16.4 Å². The van der Waals surface area contributed by atoms with Gasteiger partial charge in [-0.2, -0.15) is 13.4 Å². The van der Waals surface area contributed by atoms with Crippen LogP contribution in [-0.2, 0) is 10.0 Å². The van der Waals surface area contributed by atoms with E-state index in [1.54, 1.807) is 43.5 Å². The minimum Gasteiger partial charge on any atom is -0.368 e. The molecule has 0 aliphatic heterocycles. The van der Waals surface area contributed by atoms with Gasteiger partial charge < -0.3 is 9.42 Å². The Bertz CT molecular complexity index is 982. The molecule has 0 atom stereocenters. The maximum absolute atomic E-state index is 12.1. The average molecular weight is 358 g/mol. The summed E-state index contributed by atoms with van der Waals surface area (Å²) in [6.07, 6.45) is 5.78. The molecule has 0 saturated carbocycles. The molecule has 1 aromatic carbocycles. The van der Waals surface area contributed by atoms with Gasteiger partial charge in [-0.25, -0.2) is 9.97 Å². The number of hydrogen-bond donors (Lipinski definition) is 0. The standard InChI is InChI=1S/C15H14N6O3S/c1-21(2)10-18-25(22,23)13-5-3-11(4-6-13)15-19-14(20-24-15)12-7-16-9-17-8-12/h3-10H,1-2H3. The highest BCUT2D eigenvalue weighted by Crippen LogP contribution is 2.23. The number of hydrogen-bond acceptors (Lipinski definition) is 7. The van der Waals surface area contributed by atoms with Crippen LogP contribution in [-0.4, -0.2) is 53.9 Å². The Hall–Kier alpha value is -3.14. The first-order chi connectivity index (χ1) is 12.0. The smallest absolute Gasteiger partial charge is 0.283 e. The zero-order valence-corrected chi connectivity index (χ0v) is 14.3. The highest BCUT2D eigenvalue weighted by molar-refractivity contribution is 7.90. The molecule has 0 saturated heterocycles. The maximum Gasteiger partial charge on any atom is 0.283 e. The minimum atomic E-state index is -3.75. The van der Waals surface area contributed by atoms with E-state index >= 15 is 0 Å². The SMILES string of the molecule is CN(C)C=NS(=O)(=O)c1ccc(-c2nc(-c3cncnc3)no2)cc1.